The Labute approximate surface area is 170 Å². The van der Waals surface area contributed by atoms with Crippen molar-refractivity contribution in [3.05, 3.63) is 51.2 Å². The van der Waals surface area contributed by atoms with Crippen LogP contribution in [-0.2, 0) is 11.3 Å². The summed E-state index contributed by atoms with van der Waals surface area (Å²) in [5.74, 6) is 0.769. The fourth-order valence-electron chi connectivity index (χ4n) is 2.35. The molecule has 0 atom stereocenters. The lowest BCUT2D eigenvalue weighted by atomic mass is 10.2. The van der Waals surface area contributed by atoms with Gasteiger partial charge in [0.25, 0.3) is 5.91 Å². The topological polar surface area (TPSA) is 72.2 Å². The zero-order valence-corrected chi connectivity index (χ0v) is 17.2. The molecule has 0 radical (unpaired) electrons. The normalized spacial score (nSPS) is 11.2. The number of nitrogens with one attached hydrogen (secondary N) is 1. The average Bonchev–Trinajstić information content (AvgIpc) is 3.26. The molecule has 9 heteroatoms. The first-order valence-corrected chi connectivity index (χ1v) is 10.4. The minimum Gasteiger partial charge on any atom is -0.302 e. The Morgan fingerprint density at radius 3 is 2.74 bits per heavy atom. The molecule has 0 aliphatic heterocycles. The van der Waals surface area contributed by atoms with Crippen LogP contribution in [0, 0.1) is 6.92 Å². The number of amides is 1. The third-order valence-corrected chi connectivity index (χ3v) is 5.76. The van der Waals surface area contributed by atoms with Gasteiger partial charge in [0.15, 0.2) is 11.0 Å². The second kappa shape index (κ2) is 9.16. The molecular weight excluding hydrogens is 402 g/mol. The maximum atomic E-state index is 12.0. The van der Waals surface area contributed by atoms with Crippen LogP contribution in [0.1, 0.15) is 16.7 Å². The molecule has 0 aliphatic rings. The molecule has 0 saturated heterocycles. The number of halogens is 1. The van der Waals surface area contributed by atoms with E-state index in [4.69, 9.17) is 11.6 Å². The number of thiophene rings is 1. The van der Waals surface area contributed by atoms with Crippen LogP contribution < -0.4 is 5.43 Å². The molecule has 140 valence electrons. The van der Waals surface area contributed by atoms with Crippen molar-refractivity contribution < 1.29 is 4.79 Å². The number of nitrogens with zero attached hydrogens (tertiary/aromatic N) is 4. The highest BCUT2D eigenvalue weighted by molar-refractivity contribution is 7.99. The Morgan fingerprint density at radius 1 is 1.30 bits per heavy atom. The molecular formula is C18H18ClN5OS2. The number of thioether (sulfide) groups is 1. The van der Waals surface area contributed by atoms with Crippen molar-refractivity contribution in [1.29, 1.82) is 0 Å². The Kier molecular flexibility index (Phi) is 6.65. The number of aryl methyl sites for hydroxylation is 1. The number of rotatable bonds is 7. The molecule has 3 aromatic rings. The Balaban J connectivity index is 1.59. The van der Waals surface area contributed by atoms with Gasteiger partial charge in [-0.15, -0.1) is 21.5 Å². The van der Waals surface area contributed by atoms with Crippen molar-refractivity contribution in [3.63, 3.8) is 0 Å². The standard InChI is InChI=1S/C18H18ClN5OS2/c1-3-24-17(13-5-7-14(19)8-6-13)22-23-18(24)26-11-16(25)21-20-10-15-9-4-12(2)27-15/h4-10H,3,11H2,1-2H3,(H,21,25)/b20-10+. The quantitative estimate of drug-likeness (QED) is 0.353. The molecule has 1 amide bonds. The Morgan fingerprint density at radius 2 is 2.07 bits per heavy atom. The van der Waals surface area contributed by atoms with Gasteiger partial charge in [-0.3, -0.25) is 4.79 Å². The van der Waals surface area contributed by atoms with Crippen molar-refractivity contribution in [2.75, 3.05) is 5.75 Å². The highest BCUT2D eigenvalue weighted by Crippen LogP contribution is 2.25. The second-order valence-corrected chi connectivity index (χ2v) is 8.29. The van der Waals surface area contributed by atoms with Crippen molar-refractivity contribution >= 4 is 46.8 Å². The van der Waals surface area contributed by atoms with E-state index < -0.39 is 0 Å². The van der Waals surface area contributed by atoms with E-state index >= 15 is 0 Å². The van der Waals surface area contributed by atoms with E-state index in [1.807, 2.05) is 54.8 Å². The van der Waals surface area contributed by atoms with E-state index in [2.05, 4.69) is 20.7 Å². The predicted molar refractivity (Wildman–Crippen MR) is 112 cm³/mol. The van der Waals surface area contributed by atoms with Gasteiger partial charge in [-0.05, 0) is 50.2 Å². The predicted octanol–water partition coefficient (Wildman–Crippen LogP) is 4.23. The van der Waals surface area contributed by atoms with E-state index in [0.29, 0.717) is 16.7 Å². The van der Waals surface area contributed by atoms with Gasteiger partial charge in [0.1, 0.15) is 0 Å². The van der Waals surface area contributed by atoms with Gasteiger partial charge in [-0.1, -0.05) is 23.4 Å². The molecule has 6 nitrogen and oxygen atoms in total. The van der Waals surface area contributed by atoms with Crippen LogP contribution in [0.5, 0.6) is 0 Å². The van der Waals surface area contributed by atoms with Crippen molar-refractivity contribution in [2.45, 2.75) is 25.5 Å². The summed E-state index contributed by atoms with van der Waals surface area (Å²) in [5, 5.41) is 13.8. The summed E-state index contributed by atoms with van der Waals surface area (Å²) in [6.07, 6.45) is 1.65. The number of carbonyl (C=O) groups is 1. The summed E-state index contributed by atoms with van der Waals surface area (Å²) in [6, 6.07) is 11.4. The summed E-state index contributed by atoms with van der Waals surface area (Å²) < 4.78 is 1.97. The molecule has 0 saturated carbocycles. The minimum absolute atomic E-state index is 0.191. The first kappa shape index (κ1) is 19.6. The molecule has 0 fully saturated rings. The molecule has 0 unspecified atom stereocenters. The van der Waals surface area contributed by atoms with Gasteiger partial charge in [-0.2, -0.15) is 5.10 Å². The largest absolute Gasteiger partial charge is 0.302 e. The number of benzene rings is 1. The van der Waals surface area contributed by atoms with Crippen LogP contribution in [0.3, 0.4) is 0 Å². The SMILES string of the molecule is CCn1c(SCC(=O)N/N=C/c2ccc(C)s2)nnc1-c1ccc(Cl)cc1. The Bertz CT molecular complexity index is 949. The van der Waals surface area contributed by atoms with Gasteiger partial charge >= 0.3 is 0 Å². The summed E-state index contributed by atoms with van der Waals surface area (Å²) in [4.78, 5) is 14.2. The molecule has 0 spiro atoms. The van der Waals surface area contributed by atoms with Crippen molar-refractivity contribution in [3.8, 4) is 11.4 Å². The first-order valence-electron chi connectivity index (χ1n) is 8.27. The molecule has 2 heterocycles. The summed E-state index contributed by atoms with van der Waals surface area (Å²) in [7, 11) is 0. The first-order chi connectivity index (χ1) is 13.1. The van der Waals surface area contributed by atoms with Crippen LogP contribution in [-0.4, -0.2) is 32.6 Å². The summed E-state index contributed by atoms with van der Waals surface area (Å²) >= 11 is 8.89. The lowest BCUT2D eigenvalue weighted by molar-refractivity contribution is -0.118. The number of hydrogen-bond acceptors (Lipinski definition) is 6. The van der Waals surface area contributed by atoms with Crippen LogP contribution in [0.4, 0.5) is 0 Å². The maximum absolute atomic E-state index is 12.0. The lowest BCUT2D eigenvalue weighted by Gasteiger charge is -2.07. The maximum Gasteiger partial charge on any atom is 0.250 e. The van der Waals surface area contributed by atoms with Gasteiger partial charge in [0, 0.05) is 26.9 Å². The molecule has 0 bridgehead atoms. The third kappa shape index (κ3) is 5.18. The van der Waals surface area contributed by atoms with Gasteiger partial charge in [0.2, 0.25) is 0 Å². The second-order valence-electron chi connectivity index (χ2n) is 5.59. The van der Waals surface area contributed by atoms with Crippen LogP contribution >= 0.6 is 34.7 Å². The van der Waals surface area contributed by atoms with E-state index in [9.17, 15) is 4.79 Å². The van der Waals surface area contributed by atoms with E-state index in [1.54, 1.807) is 17.6 Å². The van der Waals surface area contributed by atoms with Gasteiger partial charge in [0.05, 0.1) is 12.0 Å². The molecule has 1 N–H and O–H groups in total. The van der Waals surface area contributed by atoms with Crippen LogP contribution in [0.15, 0.2) is 46.7 Å². The van der Waals surface area contributed by atoms with Gasteiger partial charge < -0.3 is 4.57 Å². The van der Waals surface area contributed by atoms with E-state index in [1.165, 1.54) is 16.6 Å². The van der Waals surface area contributed by atoms with E-state index in [-0.39, 0.29) is 11.7 Å². The van der Waals surface area contributed by atoms with E-state index in [0.717, 1.165) is 16.3 Å². The minimum atomic E-state index is -0.191. The monoisotopic (exact) mass is 419 g/mol. The lowest BCUT2D eigenvalue weighted by Crippen LogP contribution is -2.19. The zero-order chi connectivity index (χ0) is 19.2. The van der Waals surface area contributed by atoms with Crippen molar-refractivity contribution in [1.82, 2.24) is 20.2 Å². The van der Waals surface area contributed by atoms with Crippen LogP contribution in [0.25, 0.3) is 11.4 Å². The summed E-state index contributed by atoms with van der Waals surface area (Å²) in [5.41, 5.74) is 3.47. The Hall–Kier alpha value is -2.16. The number of carbonyl (C=O) groups excluding carboxylic acids is 1. The fourth-order valence-corrected chi connectivity index (χ4v) is 4.02. The zero-order valence-electron chi connectivity index (χ0n) is 14.8. The number of hydrogen-bond donors (Lipinski definition) is 1. The van der Waals surface area contributed by atoms with Crippen molar-refractivity contribution in [2.24, 2.45) is 5.10 Å². The summed E-state index contributed by atoms with van der Waals surface area (Å²) in [6.45, 7) is 4.74. The smallest absolute Gasteiger partial charge is 0.250 e. The highest BCUT2D eigenvalue weighted by Gasteiger charge is 2.14. The average molecular weight is 420 g/mol. The number of hydrazone groups is 1. The molecule has 3 rings (SSSR count). The molecule has 27 heavy (non-hydrogen) atoms. The van der Waals surface area contributed by atoms with Crippen LogP contribution in [0.2, 0.25) is 5.02 Å². The highest BCUT2D eigenvalue weighted by atomic mass is 35.5. The molecule has 1 aromatic carbocycles. The molecule has 2 aromatic heterocycles. The molecule has 0 aliphatic carbocycles. The number of aromatic nitrogens is 3. The van der Waals surface area contributed by atoms with Gasteiger partial charge in [-0.25, -0.2) is 5.43 Å². The third-order valence-electron chi connectivity index (χ3n) is 3.61. The fraction of sp³-hybridized carbons (Fsp3) is 0.222.